The average Bonchev–Trinajstić information content (AvgIpc) is 3.05. The summed E-state index contributed by atoms with van der Waals surface area (Å²) < 4.78 is 26.5. The van der Waals surface area contributed by atoms with Gasteiger partial charge in [0.2, 0.25) is 5.91 Å². The number of benzene rings is 2. The number of nitrogens with one attached hydrogen (secondary N) is 1. The van der Waals surface area contributed by atoms with Crippen molar-refractivity contribution in [2.45, 2.75) is 62.9 Å². The maximum absolute atomic E-state index is 13.1. The number of piperidine rings is 1. The monoisotopic (exact) mass is 497 g/mol. The number of hydrogen-bond acceptors (Lipinski definition) is 5. The Morgan fingerprint density at radius 1 is 1.06 bits per heavy atom. The van der Waals surface area contributed by atoms with Gasteiger partial charge in [0.05, 0.1) is 11.5 Å². The van der Waals surface area contributed by atoms with Crippen LogP contribution < -0.4 is 5.32 Å². The molecule has 35 heavy (non-hydrogen) atoms. The van der Waals surface area contributed by atoms with E-state index in [0.29, 0.717) is 25.9 Å². The average molecular weight is 498 g/mol. The lowest BCUT2D eigenvalue weighted by molar-refractivity contribution is -0.134. The van der Waals surface area contributed by atoms with Crippen molar-refractivity contribution in [3.63, 3.8) is 0 Å². The molecular weight excluding hydrogens is 466 g/mol. The highest BCUT2D eigenvalue weighted by Crippen LogP contribution is 2.32. The SMILES string of the molecule is CCC(C(=O)N1CCC(NC(=O)c2ccc3c(c2)S(=O)(=O)N(C(C)C)C3=O)CC1)c1ccccc1. The number of fused-ring (bicyclic) bond motifs is 1. The summed E-state index contributed by atoms with van der Waals surface area (Å²) >= 11 is 0. The fraction of sp³-hybridized carbons (Fsp3) is 0.423. The van der Waals surface area contributed by atoms with E-state index < -0.39 is 22.0 Å². The first-order valence-electron chi connectivity index (χ1n) is 12.0. The van der Waals surface area contributed by atoms with Gasteiger partial charge in [0.15, 0.2) is 0 Å². The van der Waals surface area contributed by atoms with Crippen LogP contribution in [0.4, 0.5) is 0 Å². The summed E-state index contributed by atoms with van der Waals surface area (Å²) in [5.74, 6) is -1.03. The minimum atomic E-state index is -3.97. The zero-order valence-corrected chi connectivity index (χ0v) is 21.0. The van der Waals surface area contributed by atoms with E-state index in [9.17, 15) is 22.8 Å². The summed E-state index contributed by atoms with van der Waals surface area (Å²) in [5.41, 5.74) is 1.29. The summed E-state index contributed by atoms with van der Waals surface area (Å²) in [6, 6.07) is 13.3. The Morgan fingerprint density at radius 3 is 2.31 bits per heavy atom. The van der Waals surface area contributed by atoms with E-state index in [4.69, 9.17) is 0 Å². The number of carbonyl (C=O) groups is 3. The lowest BCUT2D eigenvalue weighted by Crippen LogP contribution is -2.47. The second-order valence-electron chi connectivity index (χ2n) is 9.36. The molecular formula is C26H31N3O5S. The molecule has 2 aliphatic rings. The van der Waals surface area contributed by atoms with E-state index >= 15 is 0 Å². The van der Waals surface area contributed by atoms with Gasteiger partial charge in [-0.25, -0.2) is 12.7 Å². The maximum Gasteiger partial charge on any atom is 0.269 e. The Kier molecular flexibility index (Phi) is 6.98. The minimum Gasteiger partial charge on any atom is -0.349 e. The molecule has 1 unspecified atom stereocenters. The topological polar surface area (TPSA) is 104 Å². The Balaban J connectivity index is 1.39. The number of rotatable bonds is 6. The standard InChI is InChI=1S/C26H31N3O5S/c1-4-21(18-8-6-5-7-9-18)25(31)28-14-12-20(13-15-28)27-24(30)19-10-11-22-23(16-19)35(33,34)29(17(2)3)26(22)32/h5-11,16-17,20-21H,4,12-15H2,1-3H3,(H,27,30). The first-order chi connectivity index (χ1) is 16.6. The van der Waals surface area contributed by atoms with E-state index in [1.165, 1.54) is 18.2 Å². The van der Waals surface area contributed by atoms with E-state index in [-0.39, 0.29) is 39.8 Å². The van der Waals surface area contributed by atoms with Crippen molar-refractivity contribution in [3.05, 3.63) is 65.2 Å². The summed E-state index contributed by atoms with van der Waals surface area (Å²) in [5, 5.41) is 2.96. The van der Waals surface area contributed by atoms with Gasteiger partial charge < -0.3 is 10.2 Å². The van der Waals surface area contributed by atoms with Crippen molar-refractivity contribution < 1.29 is 22.8 Å². The summed E-state index contributed by atoms with van der Waals surface area (Å²) in [7, 11) is -3.97. The van der Waals surface area contributed by atoms with Crippen LogP contribution in [0.3, 0.4) is 0 Å². The van der Waals surface area contributed by atoms with Crippen LogP contribution in [0.25, 0.3) is 0 Å². The van der Waals surface area contributed by atoms with Gasteiger partial charge in [0.25, 0.3) is 21.8 Å². The van der Waals surface area contributed by atoms with Crippen LogP contribution >= 0.6 is 0 Å². The molecule has 9 heteroatoms. The van der Waals surface area contributed by atoms with Crippen molar-refractivity contribution >= 4 is 27.7 Å². The lowest BCUT2D eigenvalue weighted by Gasteiger charge is -2.34. The van der Waals surface area contributed by atoms with Gasteiger partial charge in [-0.3, -0.25) is 14.4 Å². The predicted octanol–water partition coefficient (Wildman–Crippen LogP) is 3.15. The van der Waals surface area contributed by atoms with Gasteiger partial charge in [-0.2, -0.15) is 0 Å². The van der Waals surface area contributed by atoms with Gasteiger partial charge in [-0.15, -0.1) is 0 Å². The third kappa shape index (κ3) is 4.69. The van der Waals surface area contributed by atoms with Gasteiger partial charge in [0.1, 0.15) is 4.90 Å². The van der Waals surface area contributed by atoms with Crippen molar-refractivity contribution in [2.75, 3.05) is 13.1 Å². The molecule has 0 saturated carbocycles. The molecule has 2 heterocycles. The Labute approximate surface area is 206 Å². The fourth-order valence-electron chi connectivity index (χ4n) is 4.87. The van der Waals surface area contributed by atoms with E-state index in [0.717, 1.165) is 16.3 Å². The van der Waals surface area contributed by atoms with Crippen LogP contribution in [0, 0.1) is 0 Å². The molecule has 1 N–H and O–H groups in total. The number of carbonyl (C=O) groups excluding carboxylic acids is 3. The Hall–Kier alpha value is -3.20. The second kappa shape index (κ2) is 9.81. The molecule has 2 aromatic rings. The van der Waals surface area contributed by atoms with Gasteiger partial charge in [0, 0.05) is 30.7 Å². The second-order valence-corrected chi connectivity index (χ2v) is 11.1. The van der Waals surface area contributed by atoms with Crippen molar-refractivity contribution in [1.29, 1.82) is 0 Å². The number of nitrogens with zero attached hydrogens (tertiary/aromatic N) is 2. The molecule has 1 saturated heterocycles. The highest BCUT2D eigenvalue weighted by atomic mass is 32.2. The molecule has 4 rings (SSSR count). The number of sulfonamides is 1. The molecule has 1 fully saturated rings. The van der Waals surface area contributed by atoms with Crippen LogP contribution in [0.2, 0.25) is 0 Å². The first kappa shape index (κ1) is 24.9. The van der Waals surface area contributed by atoms with Crippen molar-refractivity contribution in [1.82, 2.24) is 14.5 Å². The first-order valence-corrected chi connectivity index (χ1v) is 13.5. The zero-order valence-electron chi connectivity index (χ0n) is 20.2. The largest absolute Gasteiger partial charge is 0.349 e. The fourth-order valence-corrected chi connectivity index (χ4v) is 6.66. The summed E-state index contributed by atoms with van der Waals surface area (Å²) in [4.78, 5) is 40.2. The van der Waals surface area contributed by atoms with E-state index in [1.54, 1.807) is 13.8 Å². The van der Waals surface area contributed by atoms with Crippen molar-refractivity contribution in [2.24, 2.45) is 0 Å². The predicted molar refractivity (Wildman–Crippen MR) is 131 cm³/mol. The van der Waals surface area contributed by atoms with Crippen LogP contribution in [0.15, 0.2) is 53.4 Å². The molecule has 186 valence electrons. The number of likely N-dealkylation sites (tertiary alicyclic amines) is 1. The molecule has 1 atom stereocenters. The van der Waals surface area contributed by atoms with Crippen LogP contribution in [-0.2, 0) is 14.8 Å². The Bertz CT molecular complexity index is 1230. The summed E-state index contributed by atoms with van der Waals surface area (Å²) in [6.45, 7) is 6.36. The molecule has 2 aliphatic heterocycles. The number of amides is 3. The molecule has 0 aromatic heterocycles. The molecule has 0 bridgehead atoms. The minimum absolute atomic E-state index is 0.0889. The normalized spacial score (nSPS) is 18.5. The molecule has 8 nitrogen and oxygen atoms in total. The van der Waals surface area contributed by atoms with Crippen molar-refractivity contribution in [3.8, 4) is 0 Å². The van der Waals surface area contributed by atoms with E-state index in [1.807, 2.05) is 42.2 Å². The quantitative estimate of drug-likeness (QED) is 0.660. The number of hydrogen-bond donors (Lipinski definition) is 1. The summed E-state index contributed by atoms with van der Waals surface area (Å²) in [6.07, 6.45) is 1.95. The van der Waals surface area contributed by atoms with Crippen LogP contribution in [0.1, 0.15) is 72.2 Å². The lowest BCUT2D eigenvalue weighted by atomic mass is 9.93. The van der Waals surface area contributed by atoms with Gasteiger partial charge in [-0.05, 0) is 56.9 Å². The zero-order chi connectivity index (χ0) is 25.3. The molecule has 3 amide bonds. The third-order valence-electron chi connectivity index (χ3n) is 6.73. The Morgan fingerprint density at radius 2 is 1.71 bits per heavy atom. The van der Waals surface area contributed by atoms with Gasteiger partial charge in [-0.1, -0.05) is 37.3 Å². The highest BCUT2D eigenvalue weighted by Gasteiger charge is 2.43. The van der Waals surface area contributed by atoms with Crippen LogP contribution in [0.5, 0.6) is 0 Å². The maximum atomic E-state index is 13.1. The van der Waals surface area contributed by atoms with E-state index in [2.05, 4.69) is 5.32 Å². The smallest absolute Gasteiger partial charge is 0.269 e. The molecule has 2 aromatic carbocycles. The molecule has 0 spiro atoms. The van der Waals surface area contributed by atoms with Crippen LogP contribution in [-0.4, -0.2) is 60.5 Å². The third-order valence-corrected chi connectivity index (χ3v) is 8.73. The molecule has 0 radical (unpaired) electrons. The highest BCUT2D eigenvalue weighted by molar-refractivity contribution is 7.90. The molecule has 0 aliphatic carbocycles. The van der Waals surface area contributed by atoms with Gasteiger partial charge >= 0.3 is 0 Å².